The second-order valence-electron chi connectivity index (χ2n) is 6.26. The summed E-state index contributed by atoms with van der Waals surface area (Å²) in [5.41, 5.74) is 4.81. The standard InChI is InChI=1S/C23H20N2O3/c1-26-18-6-4-5-17(11-18)23-19-12-15(7-9-20(19)24-14-25-23)16-8-10-21(27-2)22(13-16)28-3/h4-14H,1-3H3. The summed E-state index contributed by atoms with van der Waals surface area (Å²) in [6, 6.07) is 19.9. The molecule has 0 saturated heterocycles. The van der Waals surface area contributed by atoms with Gasteiger partial charge in [0.05, 0.1) is 32.5 Å². The van der Waals surface area contributed by atoms with Crippen LogP contribution in [-0.4, -0.2) is 31.3 Å². The van der Waals surface area contributed by atoms with Crippen molar-refractivity contribution in [3.63, 3.8) is 0 Å². The van der Waals surface area contributed by atoms with Gasteiger partial charge in [-0.1, -0.05) is 24.3 Å². The second-order valence-corrected chi connectivity index (χ2v) is 6.26. The molecule has 0 aliphatic carbocycles. The van der Waals surface area contributed by atoms with Crippen LogP contribution >= 0.6 is 0 Å². The highest BCUT2D eigenvalue weighted by Crippen LogP contribution is 2.35. The van der Waals surface area contributed by atoms with Crippen LogP contribution in [0.2, 0.25) is 0 Å². The maximum absolute atomic E-state index is 5.44. The molecular weight excluding hydrogens is 352 g/mol. The first kappa shape index (κ1) is 17.8. The molecule has 140 valence electrons. The van der Waals surface area contributed by atoms with Crippen LogP contribution in [0.4, 0.5) is 0 Å². The Morgan fingerprint density at radius 2 is 1.43 bits per heavy atom. The first-order valence-corrected chi connectivity index (χ1v) is 8.85. The number of hydrogen-bond acceptors (Lipinski definition) is 5. The molecule has 0 radical (unpaired) electrons. The molecule has 0 spiro atoms. The average molecular weight is 372 g/mol. The molecule has 0 bridgehead atoms. The highest BCUT2D eigenvalue weighted by Gasteiger charge is 2.11. The lowest BCUT2D eigenvalue weighted by atomic mass is 10.00. The van der Waals surface area contributed by atoms with E-state index in [1.54, 1.807) is 27.7 Å². The van der Waals surface area contributed by atoms with Gasteiger partial charge in [0.25, 0.3) is 0 Å². The summed E-state index contributed by atoms with van der Waals surface area (Å²) in [7, 11) is 4.93. The van der Waals surface area contributed by atoms with E-state index >= 15 is 0 Å². The van der Waals surface area contributed by atoms with E-state index in [4.69, 9.17) is 14.2 Å². The molecule has 28 heavy (non-hydrogen) atoms. The molecule has 1 heterocycles. The maximum Gasteiger partial charge on any atom is 0.161 e. The Labute approximate surface area is 163 Å². The number of fused-ring (bicyclic) bond motifs is 1. The van der Waals surface area contributed by atoms with Crippen molar-refractivity contribution in [3.05, 3.63) is 67.0 Å². The Kier molecular flexibility index (Phi) is 4.81. The lowest BCUT2D eigenvalue weighted by Gasteiger charge is -2.11. The van der Waals surface area contributed by atoms with Crippen molar-refractivity contribution in [2.75, 3.05) is 21.3 Å². The van der Waals surface area contributed by atoms with Crippen molar-refractivity contribution in [3.8, 4) is 39.6 Å². The molecule has 0 saturated carbocycles. The van der Waals surface area contributed by atoms with Gasteiger partial charge in [0.1, 0.15) is 12.1 Å². The van der Waals surface area contributed by atoms with Crippen LogP contribution in [0.15, 0.2) is 67.0 Å². The van der Waals surface area contributed by atoms with E-state index < -0.39 is 0 Å². The summed E-state index contributed by atoms with van der Waals surface area (Å²) in [6.45, 7) is 0. The monoisotopic (exact) mass is 372 g/mol. The molecular formula is C23H20N2O3. The van der Waals surface area contributed by atoms with Crippen LogP contribution in [0.5, 0.6) is 17.2 Å². The molecule has 0 atom stereocenters. The predicted molar refractivity (Wildman–Crippen MR) is 110 cm³/mol. The van der Waals surface area contributed by atoms with Crippen molar-refractivity contribution in [2.24, 2.45) is 0 Å². The summed E-state index contributed by atoms with van der Waals surface area (Å²) < 4.78 is 16.1. The first-order valence-electron chi connectivity index (χ1n) is 8.85. The highest BCUT2D eigenvalue weighted by atomic mass is 16.5. The van der Waals surface area contributed by atoms with Gasteiger partial charge in [-0.3, -0.25) is 0 Å². The summed E-state index contributed by atoms with van der Waals surface area (Å²) in [5.74, 6) is 2.19. The SMILES string of the molecule is COc1cccc(-c2ncnc3ccc(-c4ccc(OC)c(OC)c4)cc23)c1. The third-order valence-corrected chi connectivity index (χ3v) is 4.70. The fourth-order valence-corrected chi connectivity index (χ4v) is 3.25. The Hall–Kier alpha value is -3.60. The van der Waals surface area contributed by atoms with Gasteiger partial charge in [-0.15, -0.1) is 0 Å². The summed E-state index contributed by atoms with van der Waals surface area (Å²) in [5, 5.41) is 0.975. The summed E-state index contributed by atoms with van der Waals surface area (Å²) in [4.78, 5) is 8.96. The van der Waals surface area contributed by atoms with E-state index in [0.717, 1.165) is 39.0 Å². The molecule has 4 aromatic rings. The topological polar surface area (TPSA) is 53.5 Å². The summed E-state index contributed by atoms with van der Waals surface area (Å²) in [6.07, 6.45) is 1.59. The fourth-order valence-electron chi connectivity index (χ4n) is 3.25. The van der Waals surface area contributed by atoms with Crippen LogP contribution in [-0.2, 0) is 0 Å². The number of methoxy groups -OCH3 is 3. The number of nitrogens with zero attached hydrogens (tertiary/aromatic N) is 2. The van der Waals surface area contributed by atoms with Crippen molar-refractivity contribution >= 4 is 10.9 Å². The van der Waals surface area contributed by atoms with Crippen LogP contribution < -0.4 is 14.2 Å². The van der Waals surface area contributed by atoms with Crippen molar-refractivity contribution < 1.29 is 14.2 Å². The third-order valence-electron chi connectivity index (χ3n) is 4.70. The molecule has 0 unspecified atom stereocenters. The second kappa shape index (κ2) is 7.56. The van der Waals surface area contributed by atoms with Gasteiger partial charge < -0.3 is 14.2 Å². The Balaban J connectivity index is 1.87. The van der Waals surface area contributed by atoms with Gasteiger partial charge in [-0.05, 0) is 47.5 Å². The van der Waals surface area contributed by atoms with E-state index in [2.05, 4.69) is 16.0 Å². The van der Waals surface area contributed by atoms with Crippen molar-refractivity contribution in [1.82, 2.24) is 9.97 Å². The predicted octanol–water partition coefficient (Wildman–Crippen LogP) is 4.99. The molecule has 4 rings (SSSR count). The zero-order chi connectivity index (χ0) is 19.5. The lowest BCUT2D eigenvalue weighted by molar-refractivity contribution is 0.355. The van der Waals surface area contributed by atoms with Gasteiger partial charge in [-0.25, -0.2) is 9.97 Å². The minimum Gasteiger partial charge on any atom is -0.497 e. The van der Waals surface area contributed by atoms with Gasteiger partial charge in [-0.2, -0.15) is 0 Å². The smallest absolute Gasteiger partial charge is 0.161 e. The molecule has 0 fully saturated rings. The van der Waals surface area contributed by atoms with E-state index in [9.17, 15) is 0 Å². The molecule has 0 aliphatic heterocycles. The van der Waals surface area contributed by atoms with Gasteiger partial charge in [0, 0.05) is 10.9 Å². The van der Waals surface area contributed by atoms with E-state index in [1.807, 2.05) is 54.6 Å². The third kappa shape index (κ3) is 3.22. The molecule has 0 N–H and O–H groups in total. The Morgan fingerprint density at radius 1 is 0.643 bits per heavy atom. The number of benzene rings is 3. The largest absolute Gasteiger partial charge is 0.497 e. The number of hydrogen-bond donors (Lipinski definition) is 0. The number of ether oxygens (including phenoxy) is 3. The average Bonchev–Trinajstić information content (AvgIpc) is 2.77. The Bertz CT molecular complexity index is 1140. The lowest BCUT2D eigenvalue weighted by Crippen LogP contribution is -1.92. The highest BCUT2D eigenvalue weighted by molar-refractivity contribution is 5.95. The van der Waals surface area contributed by atoms with Gasteiger partial charge in [0.2, 0.25) is 0 Å². The van der Waals surface area contributed by atoms with Crippen molar-refractivity contribution in [2.45, 2.75) is 0 Å². The van der Waals surface area contributed by atoms with E-state index in [0.29, 0.717) is 11.5 Å². The van der Waals surface area contributed by atoms with Gasteiger partial charge in [0.15, 0.2) is 11.5 Å². The zero-order valence-corrected chi connectivity index (χ0v) is 16.0. The zero-order valence-electron chi connectivity index (χ0n) is 16.0. The normalized spacial score (nSPS) is 10.7. The minimum atomic E-state index is 0.692. The molecule has 1 aromatic heterocycles. The minimum absolute atomic E-state index is 0.692. The molecule has 0 aliphatic rings. The van der Waals surface area contributed by atoms with Crippen LogP contribution in [0, 0.1) is 0 Å². The van der Waals surface area contributed by atoms with Crippen LogP contribution in [0.3, 0.4) is 0 Å². The first-order chi connectivity index (χ1) is 13.7. The molecule has 3 aromatic carbocycles. The van der Waals surface area contributed by atoms with Crippen LogP contribution in [0.25, 0.3) is 33.3 Å². The quantitative estimate of drug-likeness (QED) is 0.494. The van der Waals surface area contributed by atoms with E-state index in [-0.39, 0.29) is 0 Å². The molecule has 5 nitrogen and oxygen atoms in total. The number of aromatic nitrogens is 2. The number of rotatable bonds is 5. The van der Waals surface area contributed by atoms with Crippen LogP contribution in [0.1, 0.15) is 0 Å². The Morgan fingerprint density at radius 3 is 2.21 bits per heavy atom. The summed E-state index contributed by atoms with van der Waals surface area (Å²) >= 11 is 0. The fraction of sp³-hybridized carbons (Fsp3) is 0.130. The molecule has 0 amide bonds. The van der Waals surface area contributed by atoms with Gasteiger partial charge >= 0.3 is 0 Å². The van der Waals surface area contributed by atoms with E-state index in [1.165, 1.54) is 0 Å². The molecule has 5 heteroatoms. The maximum atomic E-state index is 5.44. The van der Waals surface area contributed by atoms with Crippen molar-refractivity contribution in [1.29, 1.82) is 0 Å².